The Bertz CT molecular complexity index is 2690. The van der Waals surface area contributed by atoms with E-state index in [0.717, 1.165) is 54.8 Å². The topological polar surface area (TPSA) is 138 Å². The van der Waals surface area contributed by atoms with Crippen LogP contribution in [0.3, 0.4) is 0 Å². The lowest BCUT2D eigenvalue weighted by Crippen LogP contribution is -2.34. The first-order chi connectivity index (χ1) is 32.2. The van der Waals surface area contributed by atoms with Crippen molar-refractivity contribution in [2.45, 2.75) is 44.2 Å². The minimum atomic E-state index is -0.363. The van der Waals surface area contributed by atoms with E-state index < -0.39 is 0 Å². The van der Waals surface area contributed by atoms with Crippen LogP contribution in [0.25, 0.3) is 0 Å². The van der Waals surface area contributed by atoms with Crippen molar-refractivity contribution in [2.75, 3.05) is 79.4 Å². The third-order valence-corrected chi connectivity index (χ3v) is 12.7. The molecule has 6 aromatic rings. The van der Waals surface area contributed by atoms with E-state index in [9.17, 15) is 4.79 Å². The van der Waals surface area contributed by atoms with Crippen molar-refractivity contribution < 1.29 is 38.0 Å². The largest absolute Gasteiger partial charge is 0.497 e. The Morgan fingerprint density at radius 1 is 0.727 bits per heavy atom. The number of benzene rings is 5. The Morgan fingerprint density at radius 3 is 2.23 bits per heavy atom. The Kier molecular flexibility index (Phi) is 13.1. The number of nitrogens with zero attached hydrogens (tertiary/aromatic N) is 4. The molecule has 4 aliphatic rings. The van der Waals surface area contributed by atoms with Crippen LogP contribution >= 0.6 is 0 Å². The third-order valence-electron chi connectivity index (χ3n) is 12.7. The summed E-state index contributed by atoms with van der Waals surface area (Å²) in [5.74, 6) is 5.92. The lowest BCUT2D eigenvalue weighted by Gasteiger charge is -2.37. The van der Waals surface area contributed by atoms with Gasteiger partial charge in [0.05, 0.1) is 47.4 Å². The summed E-state index contributed by atoms with van der Waals surface area (Å²) in [6, 6.07) is 28.1. The fourth-order valence-corrected chi connectivity index (χ4v) is 9.13. The molecule has 6 bridgehead atoms. The number of amides is 1. The van der Waals surface area contributed by atoms with Crippen molar-refractivity contribution in [3.8, 4) is 51.7 Å². The van der Waals surface area contributed by atoms with Crippen molar-refractivity contribution in [1.82, 2.24) is 19.8 Å². The van der Waals surface area contributed by atoms with Crippen LogP contribution in [-0.4, -0.2) is 94.5 Å². The molecule has 0 saturated heterocycles. The van der Waals surface area contributed by atoms with Crippen LogP contribution in [0.15, 0.2) is 97.3 Å². The lowest BCUT2D eigenvalue weighted by molar-refractivity contribution is 0.102. The number of likely N-dealkylation sites (N-methyl/N-ethyl adjacent to an activating group) is 2. The number of anilines is 2. The average molecular weight is 893 g/mol. The molecule has 2 N–H and O–H groups in total. The first-order valence-corrected chi connectivity index (χ1v) is 22.3. The van der Waals surface area contributed by atoms with Gasteiger partial charge < -0.3 is 43.8 Å². The maximum atomic E-state index is 12.8. The maximum Gasteiger partial charge on any atom is 0.275 e. The second-order valence-electron chi connectivity index (χ2n) is 16.8. The van der Waals surface area contributed by atoms with Gasteiger partial charge >= 0.3 is 0 Å². The number of fused-ring (bicyclic) bond motifs is 2. The van der Waals surface area contributed by atoms with Crippen molar-refractivity contribution in [1.29, 1.82) is 0 Å². The van der Waals surface area contributed by atoms with E-state index in [1.165, 1.54) is 22.9 Å². The summed E-state index contributed by atoms with van der Waals surface area (Å²) in [6.07, 6.45) is 6.85. The summed E-state index contributed by atoms with van der Waals surface area (Å²) in [5, 5.41) is 6.11. The number of ether oxygens (including phenoxy) is 7. The van der Waals surface area contributed by atoms with Gasteiger partial charge in [-0.2, -0.15) is 0 Å². The van der Waals surface area contributed by atoms with Crippen LogP contribution in [-0.2, 0) is 25.7 Å². The summed E-state index contributed by atoms with van der Waals surface area (Å²) in [5.41, 5.74) is 7.74. The van der Waals surface area contributed by atoms with Crippen LogP contribution in [0.2, 0.25) is 0 Å². The smallest absolute Gasteiger partial charge is 0.275 e. The molecule has 2 atom stereocenters. The molecule has 0 spiro atoms. The van der Waals surface area contributed by atoms with Crippen molar-refractivity contribution in [3.05, 3.63) is 136 Å². The molecule has 5 heterocycles. The molecule has 10 rings (SSSR count). The van der Waals surface area contributed by atoms with Gasteiger partial charge in [-0.15, -0.1) is 0 Å². The second-order valence-corrected chi connectivity index (χ2v) is 16.8. The van der Waals surface area contributed by atoms with Gasteiger partial charge in [-0.05, 0) is 129 Å². The van der Waals surface area contributed by atoms with Crippen LogP contribution in [0, 0.1) is 0 Å². The summed E-state index contributed by atoms with van der Waals surface area (Å²) in [4.78, 5) is 26.3. The molecular weight excluding hydrogens is 837 g/mol. The van der Waals surface area contributed by atoms with Gasteiger partial charge in [0.2, 0.25) is 5.75 Å². The molecule has 1 amide bonds. The predicted molar refractivity (Wildman–Crippen MR) is 253 cm³/mol. The number of methoxy groups -OCH3 is 4. The van der Waals surface area contributed by atoms with Gasteiger partial charge in [0, 0.05) is 49.0 Å². The second kappa shape index (κ2) is 19.6. The maximum absolute atomic E-state index is 12.8. The third kappa shape index (κ3) is 9.38. The summed E-state index contributed by atoms with van der Waals surface area (Å²) < 4.78 is 43.6. The highest BCUT2D eigenvalue weighted by Gasteiger charge is 2.35. The molecule has 0 radical (unpaired) electrons. The zero-order valence-corrected chi connectivity index (χ0v) is 38.3. The van der Waals surface area contributed by atoms with Gasteiger partial charge in [-0.25, -0.2) is 9.97 Å². The molecule has 0 fully saturated rings. The normalized spacial score (nSPS) is 16.6. The van der Waals surface area contributed by atoms with Crippen LogP contribution < -0.4 is 43.8 Å². The molecule has 14 nitrogen and oxygen atoms in total. The highest BCUT2D eigenvalue weighted by molar-refractivity contribution is 6.02. The fraction of sp³-hybridized carbons (Fsp3) is 0.327. The lowest BCUT2D eigenvalue weighted by atomic mass is 9.87. The zero-order chi connectivity index (χ0) is 45.7. The van der Waals surface area contributed by atoms with E-state index in [-0.39, 0.29) is 23.7 Å². The molecule has 4 aliphatic heterocycles. The van der Waals surface area contributed by atoms with Crippen molar-refractivity contribution >= 4 is 17.4 Å². The monoisotopic (exact) mass is 892 g/mol. The predicted octanol–water partition coefficient (Wildman–Crippen LogP) is 9.09. The molecule has 0 aliphatic carbocycles. The van der Waals surface area contributed by atoms with E-state index in [4.69, 9.17) is 33.2 Å². The number of hydrogen-bond acceptors (Lipinski definition) is 13. The number of carbonyl (C=O) groups excluding carboxylic acids is 1. The van der Waals surface area contributed by atoms with Crippen LogP contribution in [0.1, 0.15) is 62.4 Å². The van der Waals surface area contributed by atoms with E-state index in [1.807, 2.05) is 24.3 Å². The minimum Gasteiger partial charge on any atom is -0.497 e. The van der Waals surface area contributed by atoms with Gasteiger partial charge in [-0.1, -0.05) is 24.3 Å². The Balaban J connectivity index is 0.978. The van der Waals surface area contributed by atoms with Gasteiger partial charge in [0.15, 0.2) is 34.5 Å². The zero-order valence-electron chi connectivity index (χ0n) is 38.3. The fourth-order valence-electron chi connectivity index (χ4n) is 9.13. The Morgan fingerprint density at radius 2 is 1.47 bits per heavy atom. The van der Waals surface area contributed by atoms with Gasteiger partial charge in [-0.3, -0.25) is 14.6 Å². The Labute approximate surface area is 385 Å². The van der Waals surface area contributed by atoms with E-state index in [0.29, 0.717) is 83.5 Å². The van der Waals surface area contributed by atoms with Crippen molar-refractivity contribution in [3.63, 3.8) is 0 Å². The molecule has 0 saturated carbocycles. The highest BCUT2D eigenvalue weighted by atomic mass is 16.5. The SMILES string of the molecule is COc1cccc(NC(=O)c2cnc(NCCCOc3ccc4cc3Oc3ccc(cc3)C[C@H]3c5cc(c(OC)cc5CCN3C)Oc3c(OC)c(OC)cc5c3C(C4)N(C)CC5)cn2)c1. The number of nitrogens with one attached hydrogen (secondary N) is 2. The van der Waals surface area contributed by atoms with Crippen molar-refractivity contribution in [2.24, 2.45) is 0 Å². The molecule has 5 aromatic carbocycles. The van der Waals surface area contributed by atoms with E-state index >= 15 is 0 Å². The van der Waals surface area contributed by atoms with E-state index in [2.05, 4.69) is 87.0 Å². The molecule has 1 unspecified atom stereocenters. The quantitative estimate of drug-likeness (QED) is 0.113. The summed E-state index contributed by atoms with van der Waals surface area (Å²) in [6.45, 7) is 2.76. The molecule has 14 heteroatoms. The summed E-state index contributed by atoms with van der Waals surface area (Å²) >= 11 is 0. The number of carbonyl (C=O) groups is 1. The molecular formula is C52H56N6O8. The first-order valence-electron chi connectivity index (χ1n) is 22.3. The number of aromatic nitrogens is 2. The van der Waals surface area contributed by atoms with Gasteiger partial charge in [0.25, 0.3) is 5.91 Å². The van der Waals surface area contributed by atoms with Gasteiger partial charge in [0.1, 0.15) is 23.0 Å². The number of hydrogen-bond donors (Lipinski definition) is 2. The van der Waals surface area contributed by atoms with E-state index in [1.54, 1.807) is 52.8 Å². The standard InChI is InChI=1S/C52H56N6O8/c1-57-20-17-34-26-44(61-4)46-29-39(34)41(57)23-32-11-14-37(15-12-32)65-45-25-33(24-42-49-35(18-21-58(42)2)27-47(62-5)50(63-6)51(49)66-46)13-16-43(45)64-22-8-19-53-48-31-54-40(30-55-48)52(59)56-36-9-7-10-38(28-36)60-3/h7,9-16,25-31,41-42H,8,17-24H2,1-6H3,(H,53,55)(H,56,59)/t41-,42?/m0/s1. The summed E-state index contributed by atoms with van der Waals surface area (Å²) in [7, 11) is 11.0. The molecule has 1 aromatic heterocycles. The highest BCUT2D eigenvalue weighted by Crippen LogP contribution is 2.52. The first kappa shape index (κ1) is 44.2. The van der Waals surface area contributed by atoms with Crippen LogP contribution in [0.4, 0.5) is 11.5 Å². The number of rotatable bonds is 12. The molecule has 66 heavy (non-hydrogen) atoms. The molecule has 342 valence electrons. The Hall–Kier alpha value is -7.03. The average Bonchev–Trinajstić information content (AvgIpc) is 3.34. The minimum absolute atomic E-state index is 0.0746. The van der Waals surface area contributed by atoms with Crippen LogP contribution in [0.5, 0.6) is 51.7 Å².